The lowest BCUT2D eigenvalue weighted by Crippen LogP contribution is -2.21. The number of Topliss-reactive ketones (excluding diaryl/α,β-unsaturated/α-hetero) is 1. The third-order valence-corrected chi connectivity index (χ3v) is 5.04. The number of hydrogen-bond donors (Lipinski definition) is 0. The van der Waals surface area contributed by atoms with Crippen LogP contribution in [0.4, 0.5) is 0 Å². The molecule has 0 saturated heterocycles. The van der Waals surface area contributed by atoms with Gasteiger partial charge in [-0.3, -0.25) is 9.59 Å². The summed E-state index contributed by atoms with van der Waals surface area (Å²) >= 11 is 0. The fourth-order valence-corrected chi connectivity index (χ4v) is 3.68. The highest BCUT2D eigenvalue weighted by molar-refractivity contribution is 7.91. The Hall–Kier alpha value is -1.89. The van der Waals surface area contributed by atoms with Gasteiger partial charge in [-0.05, 0) is 31.5 Å². The summed E-state index contributed by atoms with van der Waals surface area (Å²) in [4.78, 5) is 22.9. The number of ketones is 1. The number of carbonyl (C=O) groups excluding carboxylic acids is 2. The molecule has 0 saturated carbocycles. The molecule has 0 aromatic heterocycles. The minimum atomic E-state index is -3.42. The maximum atomic E-state index is 12.0. The van der Waals surface area contributed by atoms with Gasteiger partial charge in [0.1, 0.15) is 5.75 Å². The predicted molar refractivity (Wildman–Crippen MR) is 78.8 cm³/mol. The van der Waals surface area contributed by atoms with Gasteiger partial charge in [-0.25, -0.2) is 8.42 Å². The van der Waals surface area contributed by atoms with Crippen LogP contribution in [-0.2, 0) is 19.4 Å². The van der Waals surface area contributed by atoms with Gasteiger partial charge in [0, 0.05) is 18.4 Å². The molecule has 1 heterocycles. The number of esters is 1. The summed E-state index contributed by atoms with van der Waals surface area (Å²) in [7, 11) is -3.42. The van der Waals surface area contributed by atoms with Gasteiger partial charge < -0.3 is 9.47 Å². The number of carbonyl (C=O) groups is 2. The van der Waals surface area contributed by atoms with Crippen LogP contribution in [0.5, 0.6) is 5.75 Å². The van der Waals surface area contributed by atoms with E-state index >= 15 is 0 Å². The zero-order chi connectivity index (χ0) is 16.2. The Kier molecular flexibility index (Phi) is 5.18. The first-order valence-corrected chi connectivity index (χ1v) is 8.77. The van der Waals surface area contributed by atoms with Gasteiger partial charge in [-0.2, -0.15) is 0 Å². The van der Waals surface area contributed by atoms with Crippen molar-refractivity contribution in [2.45, 2.75) is 31.1 Å². The summed E-state index contributed by atoms with van der Waals surface area (Å²) in [5.74, 6) is -0.241. The van der Waals surface area contributed by atoms with E-state index in [9.17, 15) is 18.0 Å². The molecule has 1 aliphatic rings. The number of benzene rings is 1. The number of ether oxygens (including phenoxy) is 2. The van der Waals surface area contributed by atoms with E-state index in [1.807, 2.05) is 0 Å². The van der Waals surface area contributed by atoms with Crippen LogP contribution in [0.3, 0.4) is 0 Å². The zero-order valence-electron chi connectivity index (χ0n) is 12.3. The smallest absolute Gasteiger partial charge is 0.305 e. The molecule has 0 amide bonds. The van der Waals surface area contributed by atoms with Gasteiger partial charge in [-0.1, -0.05) is 0 Å². The lowest BCUT2D eigenvalue weighted by molar-refractivity contribution is -0.143. The van der Waals surface area contributed by atoms with E-state index in [-0.39, 0.29) is 47.4 Å². The van der Waals surface area contributed by atoms with Gasteiger partial charge in [-0.15, -0.1) is 0 Å². The fourth-order valence-electron chi connectivity index (χ4n) is 2.19. The highest BCUT2D eigenvalue weighted by Crippen LogP contribution is 2.28. The minimum absolute atomic E-state index is 0.0229. The van der Waals surface area contributed by atoms with Gasteiger partial charge in [0.2, 0.25) is 0 Å². The van der Waals surface area contributed by atoms with Crippen molar-refractivity contribution in [3.05, 3.63) is 23.8 Å². The first-order chi connectivity index (χ1) is 10.4. The van der Waals surface area contributed by atoms with E-state index in [1.54, 1.807) is 13.0 Å². The SMILES string of the molecule is CCOC(=O)CCCOc1ccc2c(c1)S(=O)(=O)CCC2=O. The summed E-state index contributed by atoms with van der Waals surface area (Å²) in [5.41, 5.74) is 0.227. The molecular formula is C15H18O6S. The van der Waals surface area contributed by atoms with Crippen LogP contribution in [0.1, 0.15) is 36.5 Å². The van der Waals surface area contributed by atoms with Crippen molar-refractivity contribution in [3.8, 4) is 5.75 Å². The second-order valence-corrected chi connectivity index (χ2v) is 6.98. The third-order valence-electron chi connectivity index (χ3n) is 3.29. The first-order valence-electron chi connectivity index (χ1n) is 7.12. The summed E-state index contributed by atoms with van der Waals surface area (Å²) < 4.78 is 34.2. The normalized spacial score (nSPS) is 16.0. The molecule has 0 radical (unpaired) electrons. The van der Waals surface area contributed by atoms with Crippen molar-refractivity contribution >= 4 is 21.6 Å². The standard InChI is InChI=1S/C15H18O6S/c1-2-20-15(17)4-3-8-21-11-5-6-12-13(16)7-9-22(18,19)14(12)10-11/h5-6,10H,2-4,7-9H2,1H3. The molecule has 7 heteroatoms. The van der Waals surface area contributed by atoms with Crippen LogP contribution in [0, 0.1) is 0 Å². The minimum Gasteiger partial charge on any atom is -0.494 e. The summed E-state index contributed by atoms with van der Waals surface area (Å²) in [6.45, 7) is 2.35. The second kappa shape index (κ2) is 6.91. The quantitative estimate of drug-likeness (QED) is 0.585. The predicted octanol–water partition coefficient (Wildman–Crippen LogP) is 1.77. The van der Waals surface area contributed by atoms with Gasteiger partial charge in [0.15, 0.2) is 15.6 Å². The van der Waals surface area contributed by atoms with Crippen LogP contribution in [0.15, 0.2) is 23.1 Å². The molecule has 0 aliphatic carbocycles. The Balaban J connectivity index is 1.99. The first kappa shape index (κ1) is 16.5. The molecule has 22 heavy (non-hydrogen) atoms. The molecule has 120 valence electrons. The second-order valence-electron chi connectivity index (χ2n) is 4.91. The number of fused-ring (bicyclic) bond motifs is 1. The van der Waals surface area contributed by atoms with E-state index < -0.39 is 9.84 Å². The van der Waals surface area contributed by atoms with Crippen LogP contribution in [0.2, 0.25) is 0 Å². The van der Waals surface area contributed by atoms with Crippen molar-refractivity contribution in [3.63, 3.8) is 0 Å². The highest BCUT2D eigenvalue weighted by atomic mass is 32.2. The molecule has 2 rings (SSSR count). The van der Waals surface area contributed by atoms with Gasteiger partial charge in [0.25, 0.3) is 0 Å². The van der Waals surface area contributed by atoms with Crippen molar-refractivity contribution < 1.29 is 27.5 Å². The maximum Gasteiger partial charge on any atom is 0.305 e. The molecular weight excluding hydrogens is 308 g/mol. The Morgan fingerprint density at radius 3 is 2.82 bits per heavy atom. The molecule has 0 unspecified atom stereocenters. The third kappa shape index (κ3) is 3.85. The van der Waals surface area contributed by atoms with Crippen molar-refractivity contribution in [2.24, 2.45) is 0 Å². The van der Waals surface area contributed by atoms with Crippen molar-refractivity contribution in [1.29, 1.82) is 0 Å². The molecule has 0 fully saturated rings. The lowest BCUT2D eigenvalue weighted by Gasteiger charge is -2.16. The van der Waals surface area contributed by atoms with Crippen molar-refractivity contribution in [2.75, 3.05) is 19.0 Å². The number of sulfone groups is 1. The highest BCUT2D eigenvalue weighted by Gasteiger charge is 2.29. The largest absolute Gasteiger partial charge is 0.494 e. The van der Waals surface area contributed by atoms with E-state index in [0.717, 1.165) is 0 Å². The van der Waals surface area contributed by atoms with Crippen LogP contribution >= 0.6 is 0 Å². The average molecular weight is 326 g/mol. The van der Waals surface area contributed by atoms with E-state index in [1.165, 1.54) is 12.1 Å². The Morgan fingerprint density at radius 2 is 2.09 bits per heavy atom. The van der Waals surface area contributed by atoms with Crippen LogP contribution < -0.4 is 4.74 Å². The molecule has 1 aliphatic heterocycles. The lowest BCUT2D eigenvalue weighted by atomic mass is 10.1. The molecule has 0 bridgehead atoms. The molecule has 1 aromatic rings. The van der Waals surface area contributed by atoms with E-state index in [0.29, 0.717) is 18.8 Å². The Labute approximate surface area is 129 Å². The van der Waals surface area contributed by atoms with Gasteiger partial charge in [0.05, 0.1) is 23.9 Å². The monoisotopic (exact) mass is 326 g/mol. The fraction of sp³-hybridized carbons (Fsp3) is 0.467. The molecule has 0 N–H and O–H groups in total. The van der Waals surface area contributed by atoms with Gasteiger partial charge >= 0.3 is 5.97 Å². The Bertz CT molecular complexity index is 677. The topological polar surface area (TPSA) is 86.7 Å². The number of rotatable bonds is 6. The molecule has 1 aromatic carbocycles. The summed E-state index contributed by atoms with van der Waals surface area (Å²) in [5, 5.41) is 0. The van der Waals surface area contributed by atoms with Crippen LogP contribution in [-0.4, -0.2) is 39.1 Å². The number of hydrogen-bond acceptors (Lipinski definition) is 6. The summed E-state index contributed by atoms with van der Waals surface area (Å²) in [6.07, 6.45) is 0.742. The van der Waals surface area contributed by atoms with Crippen molar-refractivity contribution in [1.82, 2.24) is 0 Å². The average Bonchev–Trinajstić information content (AvgIpc) is 2.48. The zero-order valence-corrected chi connectivity index (χ0v) is 13.1. The molecule has 0 atom stereocenters. The Morgan fingerprint density at radius 1 is 1.32 bits per heavy atom. The van der Waals surface area contributed by atoms with E-state index in [2.05, 4.69) is 0 Å². The summed E-state index contributed by atoms with van der Waals surface area (Å²) in [6, 6.07) is 4.43. The van der Waals surface area contributed by atoms with E-state index in [4.69, 9.17) is 9.47 Å². The molecule has 0 spiro atoms. The van der Waals surface area contributed by atoms with Crippen LogP contribution in [0.25, 0.3) is 0 Å². The molecule has 6 nitrogen and oxygen atoms in total. The maximum absolute atomic E-state index is 12.0.